The maximum atomic E-state index is 12.5. The van der Waals surface area contributed by atoms with Crippen LogP contribution >= 0.6 is 11.3 Å². The number of aliphatic hydroxyl groups is 1. The van der Waals surface area contributed by atoms with Crippen LogP contribution in [-0.2, 0) is 14.8 Å². The molecule has 0 unspecified atom stereocenters. The first kappa shape index (κ1) is 23.3. The van der Waals surface area contributed by atoms with Gasteiger partial charge in [0.15, 0.2) is 0 Å². The first-order valence-electron chi connectivity index (χ1n) is 8.98. The number of ether oxygens (including phenoxy) is 2. The third-order valence-corrected chi connectivity index (χ3v) is 7.87. The molecule has 1 saturated heterocycles. The van der Waals surface area contributed by atoms with Gasteiger partial charge in [-0.25, -0.2) is 13.2 Å². The van der Waals surface area contributed by atoms with Crippen LogP contribution in [0.5, 0.6) is 5.75 Å². The number of piperidine rings is 1. The second-order valence-corrected chi connectivity index (χ2v) is 9.86. The van der Waals surface area contributed by atoms with Crippen LogP contribution in [-0.4, -0.2) is 56.2 Å². The average Bonchev–Trinajstić information content (AvgIpc) is 3.22. The molecule has 1 fully saturated rings. The molecule has 2 heterocycles. The Kier molecular flexibility index (Phi) is 6.51. The number of thiophene rings is 1. The quantitative estimate of drug-likeness (QED) is 0.659. The van der Waals surface area contributed by atoms with Gasteiger partial charge in [0.25, 0.3) is 10.0 Å². The molecule has 1 amide bonds. The van der Waals surface area contributed by atoms with Crippen molar-refractivity contribution >= 4 is 33.1 Å². The van der Waals surface area contributed by atoms with Gasteiger partial charge >= 0.3 is 12.5 Å². The van der Waals surface area contributed by atoms with E-state index in [1.165, 1.54) is 29.6 Å². The first-order valence-corrected chi connectivity index (χ1v) is 11.3. The molecule has 0 atom stereocenters. The average molecular weight is 480 g/mol. The number of nitrogens with zero attached hydrogens (tertiary/aromatic N) is 2. The topological polar surface area (TPSA) is 96.4 Å². The van der Waals surface area contributed by atoms with Gasteiger partial charge in [-0.2, -0.15) is 4.31 Å². The largest absolute Gasteiger partial charge is 0.573 e. The second kappa shape index (κ2) is 8.65. The van der Waals surface area contributed by atoms with Crippen molar-refractivity contribution in [2.45, 2.75) is 29.2 Å². The van der Waals surface area contributed by atoms with Gasteiger partial charge < -0.3 is 14.6 Å². The van der Waals surface area contributed by atoms with Gasteiger partial charge in [-0.1, -0.05) is 6.07 Å². The lowest BCUT2D eigenvalue weighted by Crippen LogP contribution is -2.50. The minimum atomic E-state index is -4.83. The lowest BCUT2D eigenvalue weighted by atomic mass is 10.1. The van der Waals surface area contributed by atoms with Gasteiger partial charge in [0.1, 0.15) is 9.96 Å². The zero-order valence-electron chi connectivity index (χ0n) is 16.2. The van der Waals surface area contributed by atoms with Crippen molar-refractivity contribution in [3.05, 3.63) is 41.8 Å². The Balaban J connectivity index is 1.59. The molecule has 0 saturated carbocycles. The minimum absolute atomic E-state index is 0.0444. The predicted octanol–water partition coefficient (Wildman–Crippen LogP) is 3.39. The van der Waals surface area contributed by atoms with Crippen molar-refractivity contribution in [3.63, 3.8) is 0 Å². The summed E-state index contributed by atoms with van der Waals surface area (Å²) in [6.45, 7) is -0.0889. The van der Waals surface area contributed by atoms with Crippen molar-refractivity contribution < 1.29 is 41.0 Å². The van der Waals surface area contributed by atoms with Crippen molar-refractivity contribution in [1.82, 2.24) is 4.31 Å². The molecule has 170 valence electrons. The van der Waals surface area contributed by atoms with Crippen LogP contribution in [0.2, 0.25) is 0 Å². The van der Waals surface area contributed by atoms with E-state index in [2.05, 4.69) is 4.74 Å². The number of alkyl halides is 3. The summed E-state index contributed by atoms with van der Waals surface area (Å²) < 4.78 is 72.1. The van der Waals surface area contributed by atoms with Gasteiger partial charge in [-0.05, 0) is 35.7 Å². The number of amides is 1. The smallest absolute Gasteiger partial charge is 0.417 e. The molecule has 3 rings (SSSR count). The molecule has 0 aliphatic carbocycles. The maximum absolute atomic E-state index is 12.5. The van der Waals surface area contributed by atoms with Crippen molar-refractivity contribution in [2.24, 2.45) is 0 Å². The number of anilines is 1. The van der Waals surface area contributed by atoms with Crippen LogP contribution in [0.1, 0.15) is 12.8 Å². The first-order chi connectivity index (χ1) is 14.4. The Hall–Kier alpha value is -2.35. The molecule has 13 heteroatoms. The summed E-state index contributed by atoms with van der Waals surface area (Å²) in [4.78, 5) is 13.4. The Bertz CT molecular complexity index is 1000. The number of benzene rings is 1. The molecule has 0 radical (unpaired) electrons. The fourth-order valence-electron chi connectivity index (χ4n) is 2.92. The monoisotopic (exact) mass is 480 g/mol. The highest BCUT2D eigenvalue weighted by Crippen LogP contribution is 2.31. The molecule has 31 heavy (non-hydrogen) atoms. The van der Waals surface area contributed by atoms with E-state index in [9.17, 15) is 31.5 Å². The summed E-state index contributed by atoms with van der Waals surface area (Å²) >= 11 is 1.08. The van der Waals surface area contributed by atoms with E-state index in [1.807, 2.05) is 0 Å². The lowest BCUT2D eigenvalue weighted by molar-refractivity contribution is -0.274. The number of sulfonamides is 1. The highest BCUT2D eigenvalue weighted by molar-refractivity contribution is 7.91. The molecule has 1 N–H and O–H groups in total. The third-order valence-electron chi connectivity index (χ3n) is 4.60. The summed E-state index contributed by atoms with van der Waals surface area (Å²) in [5.41, 5.74) is 0.209. The molecule has 0 spiro atoms. The zero-order chi connectivity index (χ0) is 22.9. The van der Waals surface area contributed by atoms with Crippen LogP contribution in [0.4, 0.5) is 23.7 Å². The van der Waals surface area contributed by atoms with Gasteiger partial charge in [-0.15, -0.1) is 24.5 Å². The van der Waals surface area contributed by atoms with Gasteiger partial charge in [-0.3, -0.25) is 4.90 Å². The van der Waals surface area contributed by atoms with Crippen LogP contribution in [0.15, 0.2) is 46.0 Å². The van der Waals surface area contributed by atoms with Crippen LogP contribution in [0.3, 0.4) is 0 Å². The maximum Gasteiger partial charge on any atom is 0.573 e. The molecule has 1 aromatic carbocycles. The van der Waals surface area contributed by atoms with Crippen molar-refractivity contribution in [3.8, 4) is 5.75 Å². The molecular weight excluding hydrogens is 461 g/mol. The zero-order valence-corrected chi connectivity index (χ0v) is 17.8. The summed E-state index contributed by atoms with van der Waals surface area (Å²) in [5, 5.41) is 12.2. The van der Waals surface area contributed by atoms with Crippen LogP contribution in [0.25, 0.3) is 0 Å². The lowest BCUT2D eigenvalue weighted by Gasteiger charge is -2.37. The summed E-state index contributed by atoms with van der Waals surface area (Å²) in [5.74, 6) is -2.32. The number of rotatable bonds is 5. The molecule has 8 nitrogen and oxygen atoms in total. The minimum Gasteiger partial charge on any atom is -0.417 e. The Labute approximate surface area is 180 Å². The standard InChI is InChI=1S/C18H19F3N2O6S2/c1-22(13-4-6-14(7-5-13)28-18(19,20)21)16(24)29-17(25)8-10-23(11-9-17)31(26,27)15-3-2-12-30-15/h2-7,12,25H,8-11H2,1H3. The SMILES string of the molecule is CN(C(=O)OC1(O)CCN(S(=O)(=O)c2cccs2)CC1)c1ccc(OC(F)(F)F)cc1. The van der Waals surface area contributed by atoms with E-state index in [4.69, 9.17) is 4.74 Å². The normalized spacial score (nSPS) is 17.2. The molecule has 1 aliphatic heterocycles. The van der Waals surface area contributed by atoms with Crippen molar-refractivity contribution in [2.75, 3.05) is 25.0 Å². The number of hydrogen-bond donors (Lipinski definition) is 1. The van der Waals surface area contributed by atoms with E-state index >= 15 is 0 Å². The van der Waals surface area contributed by atoms with E-state index in [0.29, 0.717) is 0 Å². The number of carbonyl (C=O) groups excluding carboxylic acids is 1. The van der Waals surface area contributed by atoms with E-state index < -0.39 is 34.0 Å². The van der Waals surface area contributed by atoms with Gasteiger partial charge in [0, 0.05) is 38.7 Å². The van der Waals surface area contributed by atoms with Crippen molar-refractivity contribution in [1.29, 1.82) is 0 Å². The van der Waals surface area contributed by atoms with Crippen LogP contribution < -0.4 is 9.64 Å². The fraction of sp³-hybridized carbons (Fsp3) is 0.389. The fourth-order valence-corrected chi connectivity index (χ4v) is 5.51. The Morgan fingerprint density at radius 2 is 1.81 bits per heavy atom. The van der Waals surface area contributed by atoms with Gasteiger partial charge in [0.2, 0.25) is 5.79 Å². The molecule has 2 aromatic rings. The summed E-state index contributed by atoms with van der Waals surface area (Å²) in [6.07, 6.45) is -6.03. The molecule has 1 aromatic heterocycles. The highest BCUT2D eigenvalue weighted by Gasteiger charge is 2.41. The van der Waals surface area contributed by atoms with E-state index in [-0.39, 0.29) is 35.8 Å². The van der Waals surface area contributed by atoms with E-state index in [0.717, 1.165) is 28.4 Å². The third kappa shape index (κ3) is 5.67. The number of hydrogen-bond acceptors (Lipinski definition) is 7. The Morgan fingerprint density at radius 1 is 1.19 bits per heavy atom. The summed E-state index contributed by atoms with van der Waals surface area (Å²) in [6, 6.07) is 7.63. The number of halogens is 3. The molecule has 0 bridgehead atoms. The Morgan fingerprint density at radius 3 is 2.32 bits per heavy atom. The number of carbonyl (C=O) groups is 1. The van der Waals surface area contributed by atoms with Gasteiger partial charge in [0.05, 0.1) is 0 Å². The summed E-state index contributed by atoms with van der Waals surface area (Å²) in [7, 11) is -2.35. The van der Waals surface area contributed by atoms with Crippen LogP contribution in [0, 0.1) is 0 Å². The predicted molar refractivity (Wildman–Crippen MR) is 105 cm³/mol. The van der Waals surface area contributed by atoms with E-state index in [1.54, 1.807) is 11.4 Å². The highest BCUT2D eigenvalue weighted by atomic mass is 32.2. The molecular formula is C18H19F3N2O6S2. The molecule has 1 aliphatic rings. The second-order valence-electron chi connectivity index (χ2n) is 6.75.